The summed E-state index contributed by atoms with van der Waals surface area (Å²) in [6.45, 7) is 3.79. The van der Waals surface area contributed by atoms with Gasteiger partial charge in [0.05, 0.1) is 6.10 Å². The highest BCUT2D eigenvalue weighted by Gasteiger charge is 2.24. The molecule has 0 aliphatic carbocycles. The van der Waals surface area contributed by atoms with Crippen LogP contribution in [0.25, 0.3) is 0 Å². The topological polar surface area (TPSA) is 38.2 Å². The van der Waals surface area contributed by atoms with Crippen LogP contribution in [0.2, 0.25) is 5.15 Å². The molecule has 1 aliphatic heterocycles. The van der Waals surface area contributed by atoms with E-state index in [1.165, 1.54) is 6.33 Å². The van der Waals surface area contributed by atoms with E-state index in [0.29, 0.717) is 11.3 Å². The summed E-state index contributed by atoms with van der Waals surface area (Å²) in [4.78, 5) is 10.4. The lowest BCUT2D eigenvalue weighted by atomic mass is 10.3. The van der Waals surface area contributed by atoms with Crippen molar-refractivity contribution in [1.29, 1.82) is 0 Å². The number of anilines is 1. The van der Waals surface area contributed by atoms with Gasteiger partial charge >= 0.3 is 0 Å². The summed E-state index contributed by atoms with van der Waals surface area (Å²) in [7, 11) is 1.74. The molecule has 5 heteroatoms. The molecule has 0 aromatic carbocycles. The predicted octanol–water partition coefficient (Wildman–Crippen LogP) is 1.66. The first-order valence-corrected chi connectivity index (χ1v) is 5.35. The highest BCUT2D eigenvalue weighted by Crippen LogP contribution is 2.25. The molecular weight excluding hydrogens is 214 g/mol. The zero-order valence-electron chi connectivity index (χ0n) is 8.90. The maximum atomic E-state index is 5.95. The number of hydrogen-bond acceptors (Lipinski definition) is 4. The lowest BCUT2D eigenvalue weighted by Crippen LogP contribution is -2.24. The van der Waals surface area contributed by atoms with E-state index in [1.807, 2.05) is 6.92 Å². The zero-order chi connectivity index (χ0) is 10.8. The van der Waals surface area contributed by atoms with Crippen molar-refractivity contribution in [1.82, 2.24) is 9.97 Å². The van der Waals surface area contributed by atoms with Crippen LogP contribution in [0.5, 0.6) is 0 Å². The second-order valence-electron chi connectivity index (χ2n) is 3.71. The van der Waals surface area contributed by atoms with Gasteiger partial charge in [-0.3, -0.25) is 0 Å². The maximum Gasteiger partial charge on any atom is 0.137 e. The van der Waals surface area contributed by atoms with Crippen LogP contribution in [0.3, 0.4) is 0 Å². The Labute approximate surface area is 94.2 Å². The Morgan fingerprint density at radius 1 is 1.53 bits per heavy atom. The molecular formula is C10H14ClN3O. The normalized spacial score (nSPS) is 21.0. The van der Waals surface area contributed by atoms with E-state index < -0.39 is 0 Å². The van der Waals surface area contributed by atoms with Crippen LogP contribution in [0.15, 0.2) is 6.33 Å². The van der Waals surface area contributed by atoms with E-state index in [-0.39, 0.29) is 0 Å². The van der Waals surface area contributed by atoms with Crippen molar-refractivity contribution in [3.8, 4) is 0 Å². The molecule has 1 aromatic rings. The smallest absolute Gasteiger partial charge is 0.137 e. The number of halogens is 1. The average Bonchev–Trinajstić information content (AvgIpc) is 2.70. The third kappa shape index (κ3) is 2.06. The predicted molar refractivity (Wildman–Crippen MR) is 59.4 cm³/mol. The summed E-state index contributed by atoms with van der Waals surface area (Å²) in [5.74, 6) is 0.926. The number of nitrogens with zero attached hydrogens (tertiary/aromatic N) is 3. The van der Waals surface area contributed by atoms with Crippen LogP contribution >= 0.6 is 11.6 Å². The number of rotatable bonds is 2. The Morgan fingerprint density at radius 3 is 3.00 bits per heavy atom. The lowest BCUT2D eigenvalue weighted by molar-refractivity contribution is 0.121. The molecule has 0 radical (unpaired) electrons. The molecule has 4 nitrogen and oxygen atoms in total. The maximum absolute atomic E-state index is 5.95. The molecule has 1 saturated heterocycles. The number of ether oxygens (including phenoxy) is 1. The first-order chi connectivity index (χ1) is 7.22. The van der Waals surface area contributed by atoms with Gasteiger partial charge in [0, 0.05) is 25.8 Å². The minimum atomic E-state index is 0.304. The second-order valence-corrected chi connectivity index (χ2v) is 4.06. The average molecular weight is 228 g/mol. The van der Waals surface area contributed by atoms with Gasteiger partial charge in [0.25, 0.3) is 0 Å². The van der Waals surface area contributed by atoms with E-state index >= 15 is 0 Å². The van der Waals surface area contributed by atoms with Gasteiger partial charge in [0.1, 0.15) is 17.3 Å². The lowest BCUT2D eigenvalue weighted by Gasteiger charge is -2.19. The van der Waals surface area contributed by atoms with Crippen molar-refractivity contribution < 1.29 is 4.74 Å². The first-order valence-electron chi connectivity index (χ1n) is 4.97. The van der Waals surface area contributed by atoms with Crippen molar-refractivity contribution in [2.45, 2.75) is 19.4 Å². The van der Waals surface area contributed by atoms with Crippen molar-refractivity contribution >= 4 is 17.4 Å². The van der Waals surface area contributed by atoms with Gasteiger partial charge in [-0.25, -0.2) is 9.97 Å². The number of methoxy groups -OCH3 is 1. The van der Waals surface area contributed by atoms with E-state index in [0.717, 1.165) is 30.9 Å². The Morgan fingerprint density at radius 2 is 2.33 bits per heavy atom. The third-order valence-corrected chi connectivity index (χ3v) is 3.15. The summed E-state index contributed by atoms with van der Waals surface area (Å²) in [6, 6.07) is 0. The van der Waals surface area contributed by atoms with Gasteiger partial charge in [-0.2, -0.15) is 0 Å². The van der Waals surface area contributed by atoms with Gasteiger partial charge < -0.3 is 9.64 Å². The Bertz CT molecular complexity index is 359. The fourth-order valence-corrected chi connectivity index (χ4v) is 1.98. The molecule has 82 valence electrons. The molecule has 1 unspecified atom stereocenters. The molecule has 0 bridgehead atoms. The quantitative estimate of drug-likeness (QED) is 0.721. The SMILES string of the molecule is COC1CCN(c2ncnc(Cl)c2C)C1. The van der Waals surface area contributed by atoms with Crippen molar-refractivity contribution in [2.24, 2.45) is 0 Å². The fourth-order valence-electron chi connectivity index (χ4n) is 1.85. The molecule has 2 rings (SSSR count). The zero-order valence-corrected chi connectivity index (χ0v) is 9.66. The van der Waals surface area contributed by atoms with Crippen molar-refractivity contribution in [3.63, 3.8) is 0 Å². The first kappa shape index (κ1) is 10.6. The highest BCUT2D eigenvalue weighted by atomic mass is 35.5. The number of hydrogen-bond donors (Lipinski definition) is 0. The summed E-state index contributed by atoms with van der Waals surface area (Å²) in [6.07, 6.45) is 2.85. The Kier molecular flexibility index (Phi) is 3.07. The molecule has 0 amide bonds. The third-order valence-electron chi connectivity index (χ3n) is 2.77. The molecule has 1 atom stereocenters. The molecule has 0 spiro atoms. The van der Waals surface area contributed by atoms with Crippen molar-refractivity contribution in [2.75, 3.05) is 25.1 Å². The van der Waals surface area contributed by atoms with Crippen LogP contribution in [-0.2, 0) is 4.74 Å². The Balaban J connectivity index is 2.20. The number of aromatic nitrogens is 2. The molecule has 1 aliphatic rings. The summed E-state index contributed by atoms with van der Waals surface area (Å²) < 4.78 is 5.31. The Hall–Kier alpha value is -0.870. The summed E-state index contributed by atoms with van der Waals surface area (Å²) >= 11 is 5.95. The molecule has 2 heterocycles. The molecule has 1 fully saturated rings. The molecule has 0 N–H and O–H groups in total. The van der Waals surface area contributed by atoms with Gasteiger partial charge in [-0.05, 0) is 13.3 Å². The minimum Gasteiger partial charge on any atom is -0.380 e. The van der Waals surface area contributed by atoms with E-state index in [1.54, 1.807) is 7.11 Å². The second kappa shape index (κ2) is 4.33. The van der Waals surface area contributed by atoms with Crippen LogP contribution in [0.1, 0.15) is 12.0 Å². The molecule has 15 heavy (non-hydrogen) atoms. The van der Waals surface area contributed by atoms with Crippen molar-refractivity contribution in [3.05, 3.63) is 17.0 Å². The highest BCUT2D eigenvalue weighted by molar-refractivity contribution is 6.30. The molecule has 1 aromatic heterocycles. The van der Waals surface area contributed by atoms with Crippen LogP contribution in [0.4, 0.5) is 5.82 Å². The van der Waals surface area contributed by atoms with E-state index in [4.69, 9.17) is 16.3 Å². The standard InChI is InChI=1S/C10H14ClN3O/c1-7-9(11)12-6-13-10(7)14-4-3-8(5-14)15-2/h6,8H,3-5H2,1-2H3. The largest absolute Gasteiger partial charge is 0.380 e. The van der Waals surface area contributed by atoms with Gasteiger partial charge in [-0.15, -0.1) is 0 Å². The monoisotopic (exact) mass is 227 g/mol. The van der Waals surface area contributed by atoms with Gasteiger partial charge in [-0.1, -0.05) is 11.6 Å². The van der Waals surface area contributed by atoms with Crippen LogP contribution in [0, 0.1) is 6.92 Å². The summed E-state index contributed by atoms with van der Waals surface area (Å²) in [5, 5.41) is 0.529. The fraction of sp³-hybridized carbons (Fsp3) is 0.600. The minimum absolute atomic E-state index is 0.304. The van der Waals surface area contributed by atoms with Crippen LogP contribution < -0.4 is 4.90 Å². The van der Waals surface area contributed by atoms with Crippen LogP contribution in [-0.4, -0.2) is 36.3 Å². The van der Waals surface area contributed by atoms with Gasteiger partial charge in [0.15, 0.2) is 0 Å². The summed E-state index contributed by atoms with van der Waals surface area (Å²) in [5.41, 5.74) is 0.941. The van der Waals surface area contributed by atoms with E-state index in [9.17, 15) is 0 Å². The van der Waals surface area contributed by atoms with E-state index in [2.05, 4.69) is 14.9 Å². The van der Waals surface area contributed by atoms with Gasteiger partial charge in [0.2, 0.25) is 0 Å². The molecule has 0 saturated carbocycles.